The molecule has 0 spiro atoms. The Balaban J connectivity index is 1.95. The molecule has 0 saturated carbocycles. The second-order valence-electron chi connectivity index (χ2n) is 3.92. The van der Waals surface area contributed by atoms with E-state index in [-0.39, 0.29) is 12.3 Å². The molecule has 2 aromatic rings. The van der Waals surface area contributed by atoms with E-state index in [0.29, 0.717) is 10.8 Å². The SMILES string of the molecule is C#CCC(N)C(=O)Nc1ccc(Sc2ncn[nH]2)cc1. The van der Waals surface area contributed by atoms with Crippen LogP contribution < -0.4 is 11.1 Å². The maximum absolute atomic E-state index is 11.7. The van der Waals surface area contributed by atoms with Gasteiger partial charge in [-0.15, -0.1) is 12.3 Å². The van der Waals surface area contributed by atoms with E-state index >= 15 is 0 Å². The fourth-order valence-corrected chi connectivity index (χ4v) is 2.11. The molecule has 2 rings (SSSR count). The van der Waals surface area contributed by atoms with Crippen LogP contribution in [0.5, 0.6) is 0 Å². The summed E-state index contributed by atoms with van der Waals surface area (Å²) in [5.41, 5.74) is 6.29. The number of hydrogen-bond acceptors (Lipinski definition) is 5. The molecule has 0 bridgehead atoms. The van der Waals surface area contributed by atoms with Gasteiger partial charge in [0, 0.05) is 17.0 Å². The van der Waals surface area contributed by atoms with Gasteiger partial charge < -0.3 is 11.1 Å². The normalized spacial score (nSPS) is 11.6. The zero-order valence-electron chi connectivity index (χ0n) is 10.5. The molecular weight excluding hydrogens is 274 g/mol. The number of benzene rings is 1. The molecule has 0 aliphatic rings. The number of terminal acetylenes is 1. The molecule has 1 atom stereocenters. The highest BCUT2D eigenvalue weighted by atomic mass is 32.2. The van der Waals surface area contributed by atoms with E-state index in [0.717, 1.165) is 4.90 Å². The van der Waals surface area contributed by atoms with E-state index in [9.17, 15) is 4.79 Å². The van der Waals surface area contributed by atoms with Crippen LogP contribution in [0.4, 0.5) is 5.69 Å². The van der Waals surface area contributed by atoms with Gasteiger partial charge in [0.1, 0.15) is 6.33 Å². The average Bonchev–Trinajstić information content (AvgIpc) is 2.94. The summed E-state index contributed by atoms with van der Waals surface area (Å²) in [6, 6.07) is 6.63. The van der Waals surface area contributed by atoms with Crippen molar-refractivity contribution in [3.8, 4) is 12.3 Å². The van der Waals surface area contributed by atoms with Crippen LogP contribution in [-0.4, -0.2) is 27.1 Å². The van der Waals surface area contributed by atoms with Crippen molar-refractivity contribution in [3.05, 3.63) is 30.6 Å². The summed E-state index contributed by atoms with van der Waals surface area (Å²) in [5, 5.41) is 9.94. The molecule has 0 saturated heterocycles. The van der Waals surface area contributed by atoms with Gasteiger partial charge in [-0.1, -0.05) is 11.8 Å². The van der Waals surface area contributed by atoms with Crippen LogP contribution in [0.1, 0.15) is 6.42 Å². The zero-order chi connectivity index (χ0) is 14.4. The predicted octanol–water partition coefficient (Wildman–Crippen LogP) is 1.24. The van der Waals surface area contributed by atoms with Crippen molar-refractivity contribution in [1.82, 2.24) is 15.2 Å². The Kier molecular flexibility index (Phi) is 4.76. The maximum Gasteiger partial charge on any atom is 0.242 e. The van der Waals surface area contributed by atoms with Gasteiger partial charge in [-0.3, -0.25) is 9.89 Å². The third-order valence-electron chi connectivity index (χ3n) is 2.40. The third kappa shape index (κ3) is 3.85. The number of anilines is 1. The van der Waals surface area contributed by atoms with E-state index in [1.807, 2.05) is 12.1 Å². The Labute approximate surface area is 120 Å². The fraction of sp³-hybridized carbons (Fsp3) is 0.154. The van der Waals surface area contributed by atoms with Crippen molar-refractivity contribution in [1.29, 1.82) is 0 Å². The Morgan fingerprint density at radius 2 is 2.25 bits per heavy atom. The van der Waals surface area contributed by atoms with Crippen LogP contribution in [0, 0.1) is 12.3 Å². The summed E-state index contributed by atoms with van der Waals surface area (Å²) in [5.74, 6) is 2.07. The minimum Gasteiger partial charge on any atom is -0.325 e. The summed E-state index contributed by atoms with van der Waals surface area (Å²) in [7, 11) is 0. The summed E-state index contributed by atoms with van der Waals surface area (Å²) in [4.78, 5) is 16.7. The van der Waals surface area contributed by atoms with Crippen LogP contribution in [-0.2, 0) is 4.79 Å². The lowest BCUT2D eigenvalue weighted by molar-refractivity contribution is -0.117. The van der Waals surface area contributed by atoms with E-state index in [2.05, 4.69) is 26.4 Å². The molecule has 1 heterocycles. The highest BCUT2D eigenvalue weighted by molar-refractivity contribution is 7.99. The first-order valence-corrected chi connectivity index (χ1v) is 6.64. The number of nitrogens with one attached hydrogen (secondary N) is 2. The molecule has 0 fully saturated rings. The lowest BCUT2D eigenvalue weighted by Gasteiger charge is -2.09. The first-order valence-electron chi connectivity index (χ1n) is 5.82. The van der Waals surface area contributed by atoms with Crippen LogP contribution in [0.2, 0.25) is 0 Å². The van der Waals surface area contributed by atoms with Gasteiger partial charge in [-0.05, 0) is 24.3 Å². The monoisotopic (exact) mass is 287 g/mol. The highest BCUT2D eigenvalue weighted by Gasteiger charge is 2.12. The van der Waals surface area contributed by atoms with Crippen LogP contribution in [0.3, 0.4) is 0 Å². The highest BCUT2D eigenvalue weighted by Crippen LogP contribution is 2.25. The molecule has 20 heavy (non-hydrogen) atoms. The molecule has 0 aliphatic carbocycles. The first-order chi connectivity index (χ1) is 9.69. The smallest absolute Gasteiger partial charge is 0.242 e. The van der Waals surface area contributed by atoms with Gasteiger partial charge in [0.15, 0.2) is 5.16 Å². The van der Waals surface area contributed by atoms with Crippen molar-refractivity contribution >= 4 is 23.4 Å². The van der Waals surface area contributed by atoms with E-state index in [4.69, 9.17) is 12.2 Å². The predicted molar refractivity (Wildman–Crippen MR) is 77.0 cm³/mol. The maximum atomic E-state index is 11.7. The van der Waals surface area contributed by atoms with Gasteiger partial charge in [0.2, 0.25) is 5.91 Å². The van der Waals surface area contributed by atoms with Crippen LogP contribution >= 0.6 is 11.8 Å². The summed E-state index contributed by atoms with van der Waals surface area (Å²) < 4.78 is 0. The van der Waals surface area contributed by atoms with Crippen molar-refractivity contribution in [2.24, 2.45) is 5.73 Å². The lowest BCUT2D eigenvalue weighted by Crippen LogP contribution is -2.35. The van der Waals surface area contributed by atoms with E-state index < -0.39 is 6.04 Å². The summed E-state index contributed by atoms with van der Waals surface area (Å²) >= 11 is 1.44. The van der Waals surface area contributed by atoms with Crippen LogP contribution in [0.15, 0.2) is 40.6 Å². The largest absolute Gasteiger partial charge is 0.325 e. The average molecular weight is 287 g/mol. The lowest BCUT2D eigenvalue weighted by atomic mass is 10.2. The van der Waals surface area contributed by atoms with E-state index in [1.54, 1.807) is 12.1 Å². The summed E-state index contributed by atoms with van der Waals surface area (Å²) in [6.45, 7) is 0. The molecule has 0 radical (unpaired) electrons. The molecule has 6 nitrogen and oxygen atoms in total. The fourth-order valence-electron chi connectivity index (χ4n) is 1.42. The molecule has 7 heteroatoms. The van der Waals surface area contributed by atoms with Crippen LogP contribution in [0.25, 0.3) is 0 Å². The van der Waals surface area contributed by atoms with E-state index in [1.165, 1.54) is 18.1 Å². The third-order valence-corrected chi connectivity index (χ3v) is 3.30. The quantitative estimate of drug-likeness (QED) is 0.719. The second kappa shape index (κ2) is 6.75. The van der Waals surface area contributed by atoms with Gasteiger partial charge in [0.25, 0.3) is 0 Å². The van der Waals surface area contributed by atoms with Gasteiger partial charge >= 0.3 is 0 Å². The molecule has 4 N–H and O–H groups in total. The number of hydrogen-bond donors (Lipinski definition) is 3. The molecule has 0 aliphatic heterocycles. The minimum absolute atomic E-state index is 0.214. The number of nitrogens with two attached hydrogens (primary N) is 1. The Bertz CT molecular complexity index is 603. The summed E-state index contributed by atoms with van der Waals surface area (Å²) in [6.07, 6.45) is 6.78. The van der Waals surface area contributed by atoms with Gasteiger partial charge in [-0.25, -0.2) is 4.98 Å². The number of H-pyrrole nitrogens is 1. The molecular formula is C13H13N5OS. The molecule has 102 valence electrons. The molecule has 1 aromatic heterocycles. The Hall–Kier alpha value is -2.30. The molecule has 1 aromatic carbocycles. The number of rotatable bonds is 5. The standard InChI is InChI=1S/C13H13N5OS/c1-2-3-11(14)12(19)17-9-4-6-10(7-5-9)20-13-15-8-16-18-13/h1,4-8,11H,3,14H2,(H,17,19)(H,15,16,18). The number of nitrogens with zero attached hydrogens (tertiary/aromatic N) is 2. The van der Waals surface area contributed by atoms with Crippen molar-refractivity contribution < 1.29 is 4.79 Å². The van der Waals surface area contributed by atoms with Gasteiger partial charge in [0.05, 0.1) is 6.04 Å². The number of aromatic amines is 1. The van der Waals surface area contributed by atoms with Crippen molar-refractivity contribution in [2.75, 3.05) is 5.32 Å². The molecule has 1 amide bonds. The van der Waals surface area contributed by atoms with Crippen molar-refractivity contribution in [2.45, 2.75) is 22.5 Å². The number of aromatic nitrogens is 3. The molecule has 1 unspecified atom stereocenters. The first kappa shape index (κ1) is 14.1. The topological polar surface area (TPSA) is 96.7 Å². The minimum atomic E-state index is -0.691. The zero-order valence-corrected chi connectivity index (χ0v) is 11.4. The Morgan fingerprint density at radius 1 is 1.50 bits per heavy atom. The number of carbonyl (C=O) groups excluding carboxylic acids is 1. The van der Waals surface area contributed by atoms with Gasteiger partial charge in [-0.2, -0.15) is 5.10 Å². The second-order valence-corrected chi connectivity index (χ2v) is 4.98. The Morgan fingerprint density at radius 3 is 2.85 bits per heavy atom. The number of carbonyl (C=O) groups is 1. The number of amides is 1. The van der Waals surface area contributed by atoms with Crippen molar-refractivity contribution in [3.63, 3.8) is 0 Å².